The zero-order valence-corrected chi connectivity index (χ0v) is 9.07. The summed E-state index contributed by atoms with van der Waals surface area (Å²) in [5, 5.41) is 9.71. The molecule has 1 fully saturated rings. The zero-order valence-electron chi connectivity index (χ0n) is 9.07. The standard InChI is InChI=1S/C12H17NO2/c1-10-2-3-12(14)11(8-10)9-13-4-6-15-7-5-13/h2-3,8,14H,4-7,9H2,1H3. The number of benzene rings is 1. The Hall–Kier alpha value is -1.06. The van der Waals surface area contributed by atoms with Gasteiger partial charge < -0.3 is 9.84 Å². The predicted octanol–water partition coefficient (Wildman–Crippen LogP) is 1.53. The van der Waals surface area contributed by atoms with Gasteiger partial charge in [0.25, 0.3) is 0 Å². The lowest BCUT2D eigenvalue weighted by atomic mass is 10.1. The van der Waals surface area contributed by atoms with E-state index in [4.69, 9.17) is 4.74 Å². The summed E-state index contributed by atoms with van der Waals surface area (Å²) in [5.41, 5.74) is 2.20. The smallest absolute Gasteiger partial charge is 0.120 e. The molecule has 3 heteroatoms. The molecule has 1 aromatic rings. The predicted molar refractivity (Wildman–Crippen MR) is 58.9 cm³/mol. The first-order valence-corrected chi connectivity index (χ1v) is 5.34. The molecule has 1 N–H and O–H groups in total. The summed E-state index contributed by atoms with van der Waals surface area (Å²) in [6.45, 7) is 6.36. The Labute approximate surface area is 90.3 Å². The molecule has 15 heavy (non-hydrogen) atoms. The quantitative estimate of drug-likeness (QED) is 0.798. The van der Waals surface area contributed by atoms with Crippen molar-refractivity contribution >= 4 is 0 Å². The van der Waals surface area contributed by atoms with E-state index in [1.807, 2.05) is 19.1 Å². The van der Waals surface area contributed by atoms with Crippen LogP contribution in [0.1, 0.15) is 11.1 Å². The number of aromatic hydroxyl groups is 1. The number of rotatable bonds is 2. The maximum Gasteiger partial charge on any atom is 0.120 e. The molecule has 1 aliphatic rings. The van der Waals surface area contributed by atoms with E-state index in [0.717, 1.165) is 38.4 Å². The maximum atomic E-state index is 9.71. The molecule has 0 spiro atoms. The lowest BCUT2D eigenvalue weighted by molar-refractivity contribution is 0.0339. The van der Waals surface area contributed by atoms with E-state index in [1.165, 1.54) is 5.56 Å². The molecule has 0 aliphatic carbocycles. The molecule has 1 aromatic carbocycles. The number of phenols is 1. The Morgan fingerprint density at radius 3 is 2.80 bits per heavy atom. The van der Waals surface area contributed by atoms with E-state index in [2.05, 4.69) is 4.90 Å². The van der Waals surface area contributed by atoms with Crippen LogP contribution in [-0.4, -0.2) is 36.3 Å². The van der Waals surface area contributed by atoms with E-state index >= 15 is 0 Å². The van der Waals surface area contributed by atoms with Crippen molar-refractivity contribution in [3.05, 3.63) is 29.3 Å². The van der Waals surface area contributed by atoms with Gasteiger partial charge in [-0.05, 0) is 13.0 Å². The van der Waals surface area contributed by atoms with Crippen molar-refractivity contribution in [2.75, 3.05) is 26.3 Å². The van der Waals surface area contributed by atoms with Crippen molar-refractivity contribution in [1.82, 2.24) is 4.90 Å². The van der Waals surface area contributed by atoms with Crippen molar-refractivity contribution in [2.45, 2.75) is 13.5 Å². The minimum atomic E-state index is 0.395. The monoisotopic (exact) mass is 207 g/mol. The fourth-order valence-electron chi connectivity index (χ4n) is 1.84. The second-order valence-corrected chi connectivity index (χ2v) is 4.02. The van der Waals surface area contributed by atoms with Gasteiger partial charge in [-0.25, -0.2) is 0 Å². The third-order valence-electron chi connectivity index (χ3n) is 2.73. The van der Waals surface area contributed by atoms with Gasteiger partial charge in [-0.15, -0.1) is 0 Å². The Balaban J connectivity index is 2.05. The van der Waals surface area contributed by atoms with Crippen LogP contribution in [0.25, 0.3) is 0 Å². The third-order valence-corrected chi connectivity index (χ3v) is 2.73. The average molecular weight is 207 g/mol. The van der Waals surface area contributed by atoms with Crippen LogP contribution in [0.2, 0.25) is 0 Å². The number of aryl methyl sites for hydroxylation is 1. The summed E-state index contributed by atoms with van der Waals surface area (Å²) in [6.07, 6.45) is 0. The molecule has 0 radical (unpaired) electrons. The van der Waals surface area contributed by atoms with E-state index < -0.39 is 0 Å². The average Bonchev–Trinajstić information content (AvgIpc) is 2.25. The molecule has 82 valence electrons. The van der Waals surface area contributed by atoms with Crippen LogP contribution in [0, 0.1) is 6.92 Å². The Morgan fingerprint density at radius 2 is 2.07 bits per heavy atom. The van der Waals surface area contributed by atoms with Gasteiger partial charge in [-0.3, -0.25) is 4.90 Å². The summed E-state index contributed by atoms with van der Waals surface area (Å²) in [6, 6.07) is 5.74. The number of hydrogen-bond acceptors (Lipinski definition) is 3. The fraction of sp³-hybridized carbons (Fsp3) is 0.500. The van der Waals surface area contributed by atoms with Crippen LogP contribution in [0.15, 0.2) is 18.2 Å². The summed E-state index contributed by atoms with van der Waals surface area (Å²) < 4.78 is 5.29. The molecule has 0 unspecified atom stereocenters. The molecule has 1 aliphatic heterocycles. The second kappa shape index (κ2) is 4.64. The Bertz CT molecular complexity index is 332. The number of nitrogens with zero attached hydrogens (tertiary/aromatic N) is 1. The lowest BCUT2D eigenvalue weighted by Gasteiger charge is -2.26. The number of hydrogen-bond donors (Lipinski definition) is 1. The van der Waals surface area contributed by atoms with Gasteiger partial charge in [0.15, 0.2) is 0 Å². The van der Waals surface area contributed by atoms with Crippen LogP contribution in [0.4, 0.5) is 0 Å². The highest BCUT2D eigenvalue weighted by molar-refractivity contribution is 5.35. The first-order chi connectivity index (χ1) is 7.25. The highest BCUT2D eigenvalue weighted by Crippen LogP contribution is 2.20. The van der Waals surface area contributed by atoms with Crippen molar-refractivity contribution in [2.24, 2.45) is 0 Å². The van der Waals surface area contributed by atoms with Gasteiger partial charge in [0.2, 0.25) is 0 Å². The van der Waals surface area contributed by atoms with E-state index in [9.17, 15) is 5.11 Å². The normalized spacial score (nSPS) is 17.9. The SMILES string of the molecule is Cc1ccc(O)c(CN2CCOCC2)c1. The number of morpholine rings is 1. The summed E-state index contributed by atoms with van der Waals surface area (Å²) in [5.74, 6) is 0.395. The van der Waals surface area contributed by atoms with Crippen molar-refractivity contribution in [3.63, 3.8) is 0 Å². The molecule has 1 saturated heterocycles. The van der Waals surface area contributed by atoms with Gasteiger partial charge in [0.1, 0.15) is 5.75 Å². The molecule has 0 saturated carbocycles. The lowest BCUT2D eigenvalue weighted by Crippen LogP contribution is -2.35. The van der Waals surface area contributed by atoms with Crippen molar-refractivity contribution < 1.29 is 9.84 Å². The minimum Gasteiger partial charge on any atom is -0.508 e. The number of ether oxygens (including phenoxy) is 1. The number of phenolic OH excluding ortho intramolecular Hbond substituents is 1. The highest BCUT2D eigenvalue weighted by Gasteiger charge is 2.12. The van der Waals surface area contributed by atoms with Crippen LogP contribution in [0.3, 0.4) is 0 Å². The summed E-state index contributed by atoms with van der Waals surface area (Å²) in [7, 11) is 0. The molecule has 1 heterocycles. The van der Waals surface area contributed by atoms with Crippen molar-refractivity contribution in [3.8, 4) is 5.75 Å². The second-order valence-electron chi connectivity index (χ2n) is 4.02. The summed E-state index contributed by atoms with van der Waals surface area (Å²) in [4.78, 5) is 2.30. The topological polar surface area (TPSA) is 32.7 Å². The first-order valence-electron chi connectivity index (χ1n) is 5.34. The van der Waals surface area contributed by atoms with Gasteiger partial charge in [0, 0.05) is 25.2 Å². The largest absolute Gasteiger partial charge is 0.508 e. The van der Waals surface area contributed by atoms with Crippen LogP contribution in [-0.2, 0) is 11.3 Å². The van der Waals surface area contributed by atoms with Crippen LogP contribution < -0.4 is 0 Å². The van der Waals surface area contributed by atoms with Crippen LogP contribution in [0.5, 0.6) is 5.75 Å². The van der Waals surface area contributed by atoms with Gasteiger partial charge in [-0.1, -0.05) is 17.7 Å². The van der Waals surface area contributed by atoms with E-state index in [-0.39, 0.29) is 0 Å². The highest BCUT2D eigenvalue weighted by atomic mass is 16.5. The third kappa shape index (κ3) is 2.70. The van der Waals surface area contributed by atoms with E-state index in [1.54, 1.807) is 6.07 Å². The molecule has 3 nitrogen and oxygen atoms in total. The molecular weight excluding hydrogens is 190 g/mol. The Morgan fingerprint density at radius 1 is 1.33 bits per heavy atom. The molecular formula is C12H17NO2. The zero-order chi connectivity index (χ0) is 10.7. The minimum absolute atomic E-state index is 0.395. The van der Waals surface area contributed by atoms with Crippen molar-refractivity contribution in [1.29, 1.82) is 0 Å². The van der Waals surface area contributed by atoms with E-state index in [0.29, 0.717) is 5.75 Å². The maximum absolute atomic E-state index is 9.71. The molecule has 0 aromatic heterocycles. The van der Waals surface area contributed by atoms with Gasteiger partial charge >= 0.3 is 0 Å². The van der Waals surface area contributed by atoms with Gasteiger partial charge in [0.05, 0.1) is 13.2 Å². The van der Waals surface area contributed by atoms with Gasteiger partial charge in [-0.2, -0.15) is 0 Å². The molecule has 0 bridgehead atoms. The molecule has 0 atom stereocenters. The molecule has 2 rings (SSSR count). The first kappa shape index (κ1) is 10.5. The molecule has 0 amide bonds. The fourth-order valence-corrected chi connectivity index (χ4v) is 1.84. The summed E-state index contributed by atoms with van der Waals surface area (Å²) >= 11 is 0. The Kier molecular flexibility index (Phi) is 3.23. The van der Waals surface area contributed by atoms with Crippen LogP contribution >= 0.6 is 0 Å².